The number of hydrogen-bond acceptors (Lipinski definition) is 6. The molecule has 0 amide bonds. The van der Waals surface area contributed by atoms with E-state index in [1.807, 2.05) is 32.9 Å². The van der Waals surface area contributed by atoms with Gasteiger partial charge in [0.05, 0.1) is 28.2 Å². The minimum absolute atomic E-state index is 0.0143. The highest BCUT2D eigenvalue weighted by Crippen LogP contribution is 2.36. The number of carbonyl (C=O) groups is 1. The molecule has 0 fully saturated rings. The Labute approximate surface area is 207 Å². The second kappa shape index (κ2) is 10.9. The maximum absolute atomic E-state index is 13.3. The standard InChI is InChI=1S/C23H23Br2N3O5/c1-4-13(3)22-27-18-7-6-15(24)10-16(18)23(31)28(22)26-11-14-8-17(25)21(33-12-20(29)30)19(9-14)32-5-2/h6-11,13H,4-5,12H2,1-3H3,(H,29,30)/t13-/m0/s1. The number of nitrogens with zero attached hydrogens (tertiary/aromatic N) is 3. The highest BCUT2D eigenvalue weighted by molar-refractivity contribution is 9.10. The third kappa shape index (κ3) is 5.80. The number of benzene rings is 2. The van der Waals surface area contributed by atoms with Crippen molar-refractivity contribution in [3.8, 4) is 11.5 Å². The van der Waals surface area contributed by atoms with Gasteiger partial charge in [0.15, 0.2) is 18.1 Å². The highest BCUT2D eigenvalue weighted by atomic mass is 79.9. The van der Waals surface area contributed by atoms with Gasteiger partial charge in [-0.15, -0.1) is 0 Å². The number of fused-ring (bicyclic) bond motifs is 1. The highest BCUT2D eigenvalue weighted by Gasteiger charge is 2.17. The van der Waals surface area contributed by atoms with Crippen LogP contribution in [-0.4, -0.2) is 40.2 Å². The van der Waals surface area contributed by atoms with Gasteiger partial charge in [0.2, 0.25) is 0 Å². The van der Waals surface area contributed by atoms with E-state index in [-0.39, 0.29) is 17.2 Å². The first kappa shape index (κ1) is 24.9. The molecule has 0 radical (unpaired) electrons. The average Bonchev–Trinajstić information content (AvgIpc) is 2.77. The van der Waals surface area contributed by atoms with E-state index in [2.05, 4.69) is 37.0 Å². The molecule has 0 saturated carbocycles. The molecule has 0 unspecified atom stereocenters. The van der Waals surface area contributed by atoms with Crippen LogP contribution in [0.25, 0.3) is 10.9 Å². The summed E-state index contributed by atoms with van der Waals surface area (Å²) in [6.45, 7) is 5.69. The zero-order chi connectivity index (χ0) is 24.1. The van der Waals surface area contributed by atoms with Gasteiger partial charge >= 0.3 is 5.97 Å². The van der Waals surface area contributed by atoms with Crippen LogP contribution in [0.1, 0.15) is 44.5 Å². The summed E-state index contributed by atoms with van der Waals surface area (Å²) in [5.74, 6) is 0.137. The van der Waals surface area contributed by atoms with Gasteiger partial charge in [0, 0.05) is 10.4 Å². The van der Waals surface area contributed by atoms with Gasteiger partial charge in [0.1, 0.15) is 5.82 Å². The first-order valence-corrected chi connectivity index (χ1v) is 11.9. The van der Waals surface area contributed by atoms with Gasteiger partial charge in [-0.25, -0.2) is 9.78 Å². The lowest BCUT2D eigenvalue weighted by molar-refractivity contribution is -0.139. The van der Waals surface area contributed by atoms with Crippen molar-refractivity contribution in [2.75, 3.05) is 13.2 Å². The molecule has 1 aromatic heterocycles. The first-order valence-electron chi connectivity index (χ1n) is 10.3. The molecule has 0 aliphatic heterocycles. The number of aromatic nitrogens is 2. The fourth-order valence-corrected chi connectivity index (χ4v) is 4.04. The third-order valence-corrected chi connectivity index (χ3v) is 5.96. The van der Waals surface area contributed by atoms with Gasteiger partial charge in [-0.2, -0.15) is 9.78 Å². The van der Waals surface area contributed by atoms with Crippen LogP contribution in [0.3, 0.4) is 0 Å². The molecule has 1 N–H and O–H groups in total. The van der Waals surface area contributed by atoms with Crippen molar-refractivity contribution in [2.24, 2.45) is 5.10 Å². The summed E-state index contributed by atoms with van der Waals surface area (Å²) in [6, 6.07) is 8.78. The summed E-state index contributed by atoms with van der Waals surface area (Å²) >= 11 is 6.81. The van der Waals surface area contributed by atoms with Gasteiger partial charge < -0.3 is 14.6 Å². The number of aliphatic carboxylic acids is 1. The first-order chi connectivity index (χ1) is 15.7. The normalized spacial score (nSPS) is 12.3. The maximum Gasteiger partial charge on any atom is 0.341 e. The largest absolute Gasteiger partial charge is 0.490 e. The van der Waals surface area contributed by atoms with E-state index >= 15 is 0 Å². The maximum atomic E-state index is 13.3. The van der Waals surface area contributed by atoms with E-state index in [1.54, 1.807) is 18.2 Å². The van der Waals surface area contributed by atoms with E-state index in [9.17, 15) is 9.59 Å². The molecule has 0 aliphatic rings. The molecular formula is C23H23Br2N3O5. The van der Waals surface area contributed by atoms with E-state index in [0.717, 1.165) is 10.9 Å². The second-order valence-corrected chi connectivity index (χ2v) is 9.02. The molecule has 2 aromatic carbocycles. The number of hydrogen-bond donors (Lipinski definition) is 1. The Bertz CT molecular complexity index is 1270. The van der Waals surface area contributed by atoms with E-state index in [1.165, 1.54) is 10.9 Å². The lowest BCUT2D eigenvalue weighted by Crippen LogP contribution is -2.23. The van der Waals surface area contributed by atoms with E-state index < -0.39 is 12.6 Å². The number of carboxylic acids is 1. The third-order valence-electron chi connectivity index (χ3n) is 4.88. The van der Waals surface area contributed by atoms with Crippen LogP contribution in [0.4, 0.5) is 0 Å². The van der Waals surface area contributed by atoms with Crippen LogP contribution in [0, 0.1) is 0 Å². The Hall–Kier alpha value is -2.72. The van der Waals surface area contributed by atoms with Crippen molar-refractivity contribution >= 4 is 54.9 Å². The van der Waals surface area contributed by atoms with Crippen LogP contribution < -0.4 is 15.0 Å². The SMILES string of the molecule is CCOc1cc(C=Nn2c([C@@H](C)CC)nc3ccc(Br)cc3c2=O)cc(Br)c1OCC(=O)O. The van der Waals surface area contributed by atoms with Crippen molar-refractivity contribution < 1.29 is 19.4 Å². The van der Waals surface area contributed by atoms with Crippen molar-refractivity contribution in [1.82, 2.24) is 9.66 Å². The zero-order valence-electron chi connectivity index (χ0n) is 18.3. The van der Waals surface area contributed by atoms with Crippen LogP contribution in [0.15, 0.2) is 49.2 Å². The summed E-state index contributed by atoms with van der Waals surface area (Å²) in [4.78, 5) is 28.9. The lowest BCUT2D eigenvalue weighted by Gasteiger charge is -2.15. The smallest absolute Gasteiger partial charge is 0.341 e. The quantitative estimate of drug-likeness (QED) is 0.350. The number of halogens is 2. The average molecular weight is 581 g/mol. The summed E-state index contributed by atoms with van der Waals surface area (Å²) in [7, 11) is 0. The van der Waals surface area contributed by atoms with Gasteiger partial charge in [0.25, 0.3) is 5.56 Å². The molecule has 0 bridgehead atoms. The molecule has 0 aliphatic carbocycles. The second-order valence-electron chi connectivity index (χ2n) is 7.25. The molecule has 33 heavy (non-hydrogen) atoms. The zero-order valence-corrected chi connectivity index (χ0v) is 21.5. The Balaban J connectivity index is 2.10. The molecule has 0 saturated heterocycles. The fraction of sp³-hybridized carbons (Fsp3) is 0.304. The number of carboxylic acid groups (broad SMARTS) is 1. The molecule has 1 heterocycles. The summed E-state index contributed by atoms with van der Waals surface area (Å²) in [5.41, 5.74) is 0.981. The van der Waals surface area contributed by atoms with Crippen LogP contribution in [-0.2, 0) is 4.79 Å². The molecule has 8 nitrogen and oxygen atoms in total. The van der Waals surface area contributed by atoms with E-state index in [0.29, 0.717) is 39.1 Å². The predicted molar refractivity (Wildman–Crippen MR) is 134 cm³/mol. The van der Waals surface area contributed by atoms with Crippen LogP contribution in [0.5, 0.6) is 11.5 Å². The van der Waals surface area contributed by atoms with Gasteiger partial charge in [-0.3, -0.25) is 4.79 Å². The van der Waals surface area contributed by atoms with Crippen LogP contribution >= 0.6 is 31.9 Å². The van der Waals surface area contributed by atoms with Crippen molar-refractivity contribution in [3.05, 3.63) is 61.0 Å². The minimum Gasteiger partial charge on any atom is -0.490 e. The Morgan fingerprint density at radius 2 is 2.00 bits per heavy atom. The summed E-state index contributed by atoms with van der Waals surface area (Å²) in [6.07, 6.45) is 2.33. The Kier molecular flexibility index (Phi) is 8.25. The molecule has 174 valence electrons. The summed E-state index contributed by atoms with van der Waals surface area (Å²) in [5, 5.41) is 13.8. The number of rotatable bonds is 9. The van der Waals surface area contributed by atoms with E-state index in [4.69, 9.17) is 19.6 Å². The molecule has 10 heteroatoms. The Morgan fingerprint density at radius 1 is 1.24 bits per heavy atom. The fourth-order valence-electron chi connectivity index (χ4n) is 3.10. The van der Waals surface area contributed by atoms with Crippen LogP contribution in [0.2, 0.25) is 0 Å². The molecule has 1 atom stereocenters. The molecule has 3 rings (SSSR count). The van der Waals surface area contributed by atoms with Crippen molar-refractivity contribution in [1.29, 1.82) is 0 Å². The predicted octanol–water partition coefficient (Wildman–Crippen LogP) is 5.18. The lowest BCUT2D eigenvalue weighted by atomic mass is 10.1. The van der Waals surface area contributed by atoms with Crippen molar-refractivity contribution in [3.63, 3.8) is 0 Å². The molecular weight excluding hydrogens is 558 g/mol. The monoisotopic (exact) mass is 579 g/mol. The number of ether oxygens (including phenoxy) is 2. The minimum atomic E-state index is -1.10. The van der Waals surface area contributed by atoms with Gasteiger partial charge in [-0.05, 0) is 65.2 Å². The molecule has 3 aromatic rings. The summed E-state index contributed by atoms with van der Waals surface area (Å²) < 4.78 is 13.6. The Morgan fingerprint density at radius 3 is 2.67 bits per heavy atom. The topological polar surface area (TPSA) is 103 Å². The van der Waals surface area contributed by atoms with Gasteiger partial charge in [-0.1, -0.05) is 29.8 Å². The molecule has 0 spiro atoms. The van der Waals surface area contributed by atoms with Crippen molar-refractivity contribution in [2.45, 2.75) is 33.1 Å².